The molecule has 0 aromatic carbocycles. The molecule has 1 rings (SSSR count). The molecule has 18 heavy (non-hydrogen) atoms. The summed E-state index contributed by atoms with van der Waals surface area (Å²) in [5.41, 5.74) is -0.344. The molecule has 1 saturated carbocycles. The van der Waals surface area contributed by atoms with Gasteiger partial charge in [-0.15, -0.1) is 0 Å². The first kappa shape index (κ1) is 15.5. The monoisotopic (exact) mass is 251 g/mol. The summed E-state index contributed by atoms with van der Waals surface area (Å²) in [6.07, 6.45) is 7.71. The third-order valence-electron chi connectivity index (χ3n) is 4.07. The van der Waals surface area contributed by atoms with Crippen LogP contribution in [0.3, 0.4) is 0 Å². The second kappa shape index (κ2) is 7.76. The zero-order valence-corrected chi connectivity index (χ0v) is 12.3. The molecule has 104 valence electrons. The highest BCUT2D eigenvalue weighted by Crippen LogP contribution is 2.25. The van der Waals surface area contributed by atoms with E-state index in [0.717, 1.165) is 31.8 Å². The Labute approximate surface area is 113 Å². The van der Waals surface area contributed by atoms with Gasteiger partial charge in [-0.3, -0.25) is 5.32 Å². The van der Waals surface area contributed by atoms with Crippen molar-refractivity contribution in [3.05, 3.63) is 0 Å². The van der Waals surface area contributed by atoms with E-state index in [4.69, 9.17) is 0 Å². The summed E-state index contributed by atoms with van der Waals surface area (Å²) >= 11 is 0. The topological polar surface area (TPSA) is 39.1 Å². The maximum atomic E-state index is 9.19. The predicted octanol–water partition coefficient (Wildman–Crippen LogP) is 2.78. The minimum Gasteiger partial charge on any atom is -0.306 e. The van der Waals surface area contributed by atoms with Gasteiger partial charge in [-0.25, -0.2) is 0 Å². The van der Waals surface area contributed by atoms with Gasteiger partial charge in [-0.2, -0.15) is 5.26 Å². The van der Waals surface area contributed by atoms with Crippen molar-refractivity contribution in [3.8, 4) is 6.07 Å². The highest BCUT2D eigenvalue weighted by atomic mass is 15.1. The molecular formula is C15H29N3. The van der Waals surface area contributed by atoms with Crippen LogP contribution in [0.4, 0.5) is 0 Å². The van der Waals surface area contributed by atoms with E-state index in [0.29, 0.717) is 0 Å². The number of nitrogens with zero attached hydrogens (tertiary/aromatic N) is 2. The Morgan fingerprint density at radius 1 is 1.39 bits per heavy atom. The van der Waals surface area contributed by atoms with Crippen LogP contribution in [0.1, 0.15) is 52.4 Å². The van der Waals surface area contributed by atoms with E-state index in [1.165, 1.54) is 32.2 Å². The molecule has 1 fully saturated rings. The van der Waals surface area contributed by atoms with Crippen molar-refractivity contribution in [2.24, 2.45) is 5.92 Å². The fourth-order valence-electron chi connectivity index (χ4n) is 3.00. The molecule has 1 unspecified atom stereocenters. The van der Waals surface area contributed by atoms with Gasteiger partial charge in [0, 0.05) is 6.54 Å². The minimum absolute atomic E-state index is 0.344. The summed E-state index contributed by atoms with van der Waals surface area (Å²) in [5.74, 6) is 0.922. The summed E-state index contributed by atoms with van der Waals surface area (Å²) < 4.78 is 0. The predicted molar refractivity (Wildman–Crippen MR) is 76.4 cm³/mol. The Kier molecular flexibility index (Phi) is 6.67. The van der Waals surface area contributed by atoms with Crippen LogP contribution in [0, 0.1) is 17.2 Å². The van der Waals surface area contributed by atoms with Crippen LogP contribution >= 0.6 is 0 Å². The summed E-state index contributed by atoms with van der Waals surface area (Å²) in [5, 5.41) is 12.5. The Hall–Kier alpha value is -0.590. The molecule has 3 heteroatoms. The number of nitrogens with one attached hydrogen (secondary N) is 1. The number of rotatable bonds is 8. The number of hydrogen-bond acceptors (Lipinski definition) is 3. The molecule has 0 spiro atoms. The second-order valence-electron chi connectivity index (χ2n) is 5.99. The molecule has 3 nitrogen and oxygen atoms in total. The molecule has 1 aliphatic rings. The maximum Gasteiger partial charge on any atom is 0.103 e. The Bertz CT molecular complexity index is 265. The van der Waals surface area contributed by atoms with Crippen molar-refractivity contribution in [1.29, 1.82) is 5.26 Å². The van der Waals surface area contributed by atoms with Crippen molar-refractivity contribution in [2.45, 2.75) is 57.9 Å². The zero-order chi connectivity index (χ0) is 13.4. The lowest BCUT2D eigenvalue weighted by Gasteiger charge is -2.25. The standard InChI is InChI=1S/C15H29N3/c1-4-17-15(2,13-16)10-7-11-18(3)12-14-8-5-6-9-14/h14,17H,4-12H2,1-3H3. The smallest absolute Gasteiger partial charge is 0.103 e. The molecular weight excluding hydrogens is 222 g/mol. The molecule has 0 aromatic heterocycles. The molecule has 0 heterocycles. The number of nitriles is 1. The van der Waals surface area contributed by atoms with E-state index >= 15 is 0 Å². The fourth-order valence-corrected chi connectivity index (χ4v) is 3.00. The first-order valence-electron chi connectivity index (χ1n) is 7.44. The van der Waals surface area contributed by atoms with Crippen molar-refractivity contribution in [3.63, 3.8) is 0 Å². The maximum absolute atomic E-state index is 9.19. The van der Waals surface area contributed by atoms with Gasteiger partial charge in [-0.1, -0.05) is 19.8 Å². The highest BCUT2D eigenvalue weighted by Gasteiger charge is 2.22. The van der Waals surface area contributed by atoms with E-state index < -0.39 is 0 Å². The minimum atomic E-state index is -0.344. The third-order valence-corrected chi connectivity index (χ3v) is 4.07. The Morgan fingerprint density at radius 2 is 2.06 bits per heavy atom. The molecule has 0 bridgehead atoms. The molecule has 0 aliphatic heterocycles. The fraction of sp³-hybridized carbons (Fsp3) is 0.933. The van der Waals surface area contributed by atoms with Crippen LogP contribution < -0.4 is 5.32 Å². The molecule has 1 aliphatic carbocycles. The highest BCUT2D eigenvalue weighted by molar-refractivity contribution is 5.03. The number of hydrogen-bond donors (Lipinski definition) is 1. The van der Waals surface area contributed by atoms with E-state index in [1.807, 2.05) is 6.92 Å². The largest absolute Gasteiger partial charge is 0.306 e. The van der Waals surface area contributed by atoms with E-state index in [-0.39, 0.29) is 5.54 Å². The van der Waals surface area contributed by atoms with Crippen molar-refractivity contribution in [1.82, 2.24) is 10.2 Å². The molecule has 0 saturated heterocycles. The van der Waals surface area contributed by atoms with E-state index in [9.17, 15) is 5.26 Å². The first-order valence-corrected chi connectivity index (χ1v) is 7.44. The molecule has 1 atom stereocenters. The summed E-state index contributed by atoms with van der Waals surface area (Å²) in [7, 11) is 2.22. The summed E-state index contributed by atoms with van der Waals surface area (Å²) in [4.78, 5) is 2.44. The van der Waals surface area contributed by atoms with Crippen LogP contribution in [0.15, 0.2) is 0 Å². The van der Waals surface area contributed by atoms with Gasteiger partial charge in [0.25, 0.3) is 0 Å². The van der Waals surface area contributed by atoms with Gasteiger partial charge in [-0.05, 0) is 58.7 Å². The van der Waals surface area contributed by atoms with Gasteiger partial charge < -0.3 is 4.90 Å². The van der Waals surface area contributed by atoms with Crippen molar-refractivity contribution >= 4 is 0 Å². The van der Waals surface area contributed by atoms with E-state index in [2.05, 4.69) is 30.3 Å². The lowest BCUT2D eigenvalue weighted by atomic mass is 9.97. The zero-order valence-electron chi connectivity index (χ0n) is 12.3. The third kappa shape index (κ3) is 5.37. The molecule has 0 amide bonds. The Morgan fingerprint density at radius 3 is 2.61 bits per heavy atom. The van der Waals surface area contributed by atoms with Gasteiger partial charge >= 0.3 is 0 Å². The molecule has 0 radical (unpaired) electrons. The van der Waals surface area contributed by atoms with Gasteiger partial charge in [0.1, 0.15) is 5.54 Å². The van der Waals surface area contributed by atoms with Crippen LogP contribution in [-0.2, 0) is 0 Å². The Balaban J connectivity index is 2.17. The lowest BCUT2D eigenvalue weighted by molar-refractivity contribution is 0.263. The lowest BCUT2D eigenvalue weighted by Crippen LogP contribution is -2.41. The summed E-state index contributed by atoms with van der Waals surface area (Å²) in [6, 6.07) is 2.40. The van der Waals surface area contributed by atoms with Gasteiger partial charge in [0.05, 0.1) is 6.07 Å². The first-order chi connectivity index (χ1) is 8.59. The normalized spacial score (nSPS) is 19.9. The second-order valence-corrected chi connectivity index (χ2v) is 5.99. The van der Waals surface area contributed by atoms with Crippen LogP contribution in [0.2, 0.25) is 0 Å². The SMILES string of the molecule is CCNC(C)(C#N)CCCN(C)CC1CCCC1. The summed E-state index contributed by atoms with van der Waals surface area (Å²) in [6.45, 7) is 7.28. The van der Waals surface area contributed by atoms with Crippen LogP contribution in [0.5, 0.6) is 0 Å². The average Bonchev–Trinajstić information content (AvgIpc) is 2.82. The van der Waals surface area contributed by atoms with Gasteiger partial charge in [0.2, 0.25) is 0 Å². The quantitative estimate of drug-likeness (QED) is 0.721. The molecule has 0 aromatic rings. The molecule has 1 N–H and O–H groups in total. The van der Waals surface area contributed by atoms with E-state index in [1.54, 1.807) is 0 Å². The van der Waals surface area contributed by atoms with Crippen molar-refractivity contribution in [2.75, 3.05) is 26.7 Å². The van der Waals surface area contributed by atoms with Crippen molar-refractivity contribution < 1.29 is 0 Å². The average molecular weight is 251 g/mol. The van der Waals surface area contributed by atoms with Gasteiger partial charge in [0.15, 0.2) is 0 Å². The van der Waals surface area contributed by atoms with Crippen LogP contribution in [0.25, 0.3) is 0 Å². The van der Waals surface area contributed by atoms with Crippen LogP contribution in [-0.4, -0.2) is 37.1 Å².